The molecule has 1 aliphatic carbocycles. The van der Waals surface area contributed by atoms with Crippen molar-refractivity contribution in [3.05, 3.63) is 11.9 Å². The van der Waals surface area contributed by atoms with Gasteiger partial charge in [-0.15, -0.1) is 0 Å². The molecule has 2 bridgehead atoms. The summed E-state index contributed by atoms with van der Waals surface area (Å²) >= 11 is 0. The summed E-state index contributed by atoms with van der Waals surface area (Å²) in [6.45, 7) is 5.92. The zero-order chi connectivity index (χ0) is 12.1. The highest BCUT2D eigenvalue weighted by Gasteiger charge is 2.35. The molecule has 1 saturated carbocycles. The van der Waals surface area contributed by atoms with E-state index in [1.807, 2.05) is 0 Å². The summed E-state index contributed by atoms with van der Waals surface area (Å²) in [6, 6.07) is 1.33. The summed E-state index contributed by atoms with van der Waals surface area (Å²) in [4.78, 5) is 7.28. The average Bonchev–Trinajstić information content (AvgIpc) is 3.16. The fraction of sp³-hybridized carbons (Fsp3) is 0.786. The molecule has 0 aromatic carbocycles. The Morgan fingerprint density at radius 1 is 1.22 bits per heavy atom. The lowest BCUT2D eigenvalue weighted by Gasteiger charge is -2.45. The zero-order valence-electron chi connectivity index (χ0n) is 11.1. The van der Waals surface area contributed by atoms with Gasteiger partial charge in [-0.25, -0.2) is 4.98 Å². The quantitative estimate of drug-likeness (QED) is 0.886. The minimum absolute atomic E-state index is 0.617. The number of fused-ring (bicyclic) bond motifs is 3. The van der Waals surface area contributed by atoms with E-state index in [0.29, 0.717) is 6.04 Å². The number of imidazole rings is 1. The van der Waals surface area contributed by atoms with Crippen LogP contribution in [0.4, 0.5) is 5.95 Å². The van der Waals surface area contributed by atoms with Crippen LogP contribution in [-0.4, -0.2) is 40.1 Å². The van der Waals surface area contributed by atoms with Crippen molar-refractivity contribution in [2.45, 2.75) is 44.7 Å². The smallest absolute Gasteiger partial charge is 0.203 e. The molecule has 5 rings (SSSR count). The number of nitrogens with one attached hydrogen (secondary N) is 1. The van der Waals surface area contributed by atoms with Crippen molar-refractivity contribution in [3.8, 4) is 0 Å². The van der Waals surface area contributed by atoms with Crippen molar-refractivity contribution in [2.24, 2.45) is 5.92 Å². The molecule has 98 valence electrons. The first-order valence-corrected chi connectivity index (χ1v) is 7.34. The molecule has 0 spiro atoms. The molecule has 1 atom stereocenters. The number of aryl methyl sites for hydroxylation is 1. The van der Waals surface area contributed by atoms with Crippen LogP contribution in [0.1, 0.15) is 37.4 Å². The van der Waals surface area contributed by atoms with Crippen LogP contribution in [0.2, 0.25) is 0 Å². The Labute approximate surface area is 108 Å². The van der Waals surface area contributed by atoms with Crippen molar-refractivity contribution >= 4 is 5.95 Å². The molecule has 4 heteroatoms. The molecule has 0 radical (unpaired) electrons. The van der Waals surface area contributed by atoms with Crippen LogP contribution in [0.5, 0.6) is 0 Å². The lowest BCUT2D eigenvalue weighted by Crippen LogP contribution is -2.53. The molecule has 1 N–H and O–H groups in total. The van der Waals surface area contributed by atoms with Crippen molar-refractivity contribution in [1.82, 2.24) is 14.5 Å². The van der Waals surface area contributed by atoms with Crippen molar-refractivity contribution in [3.63, 3.8) is 0 Å². The standard InChI is InChI=1S/C14H22N4/c1-10-8-18(12-2-3-12)14(15-10)16-13-9-17-6-4-11(13)5-7-17/h8,11-13H,2-7,9H2,1H3,(H,15,16). The number of piperidine rings is 3. The second-order valence-electron chi connectivity index (χ2n) is 6.23. The summed E-state index contributed by atoms with van der Waals surface area (Å²) in [5, 5.41) is 3.73. The van der Waals surface area contributed by atoms with Gasteiger partial charge in [0.1, 0.15) is 0 Å². The Kier molecular flexibility index (Phi) is 2.40. The van der Waals surface area contributed by atoms with Gasteiger partial charge in [-0.1, -0.05) is 0 Å². The van der Waals surface area contributed by atoms with E-state index in [9.17, 15) is 0 Å². The van der Waals surface area contributed by atoms with Crippen molar-refractivity contribution in [1.29, 1.82) is 0 Å². The third-order valence-corrected chi connectivity index (χ3v) is 4.76. The minimum Gasteiger partial charge on any atom is -0.351 e. The highest BCUT2D eigenvalue weighted by molar-refractivity contribution is 5.33. The Morgan fingerprint density at radius 3 is 2.61 bits per heavy atom. The summed E-state index contributed by atoms with van der Waals surface area (Å²) < 4.78 is 2.37. The molecule has 0 amide bonds. The maximum absolute atomic E-state index is 4.68. The maximum atomic E-state index is 4.68. The fourth-order valence-corrected chi connectivity index (χ4v) is 3.55. The van der Waals surface area contributed by atoms with E-state index >= 15 is 0 Å². The summed E-state index contributed by atoms with van der Waals surface area (Å²) in [5.74, 6) is 1.98. The predicted molar refractivity (Wildman–Crippen MR) is 71.8 cm³/mol. The van der Waals surface area contributed by atoms with Crippen LogP contribution in [0, 0.1) is 12.8 Å². The predicted octanol–water partition coefficient (Wildman–Crippen LogP) is 2.03. The van der Waals surface area contributed by atoms with Gasteiger partial charge in [-0.3, -0.25) is 0 Å². The SMILES string of the molecule is Cc1cn(C2CC2)c(NC2CN3CCC2CC3)n1. The van der Waals surface area contributed by atoms with E-state index in [4.69, 9.17) is 0 Å². The molecule has 4 aliphatic rings. The summed E-state index contributed by atoms with van der Waals surface area (Å²) in [6.07, 6.45) is 7.58. The lowest BCUT2D eigenvalue weighted by atomic mass is 9.84. The summed E-state index contributed by atoms with van der Waals surface area (Å²) in [7, 11) is 0. The number of rotatable bonds is 3. The number of nitrogens with zero attached hydrogens (tertiary/aromatic N) is 3. The van der Waals surface area contributed by atoms with E-state index in [2.05, 4.69) is 32.9 Å². The van der Waals surface area contributed by atoms with Crippen LogP contribution < -0.4 is 5.32 Å². The Balaban J connectivity index is 1.54. The van der Waals surface area contributed by atoms with Crippen LogP contribution in [0.25, 0.3) is 0 Å². The van der Waals surface area contributed by atoms with Gasteiger partial charge in [0.2, 0.25) is 5.95 Å². The molecule has 3 aliphatic heterocycles. The molecule has 1 aromatic rings. The highest BCUT2D eigenvalue weighted by atomic mass is 15.3. The normalized spacial score (nSPS) is 34.8. The van der Waals surface area contributed by atoms with E-state index < -0.39 is 0 Å². The highest BCUT2D eigenvalue weighted by Crippen LogP contribution is 2.38. The van der Waals surface area contributed by atoms with Crippen LogP contribution in [-0.2, 0) is 0 Å². The molecule has 4 fully saturated rings. The third kappa shape index (κ3) is 1.83. The molecule has 1 aromatic heterocycles. The van der Waals surface area contributed by atoms with Gasteiger partial charge in [0.15, 0.2) is 0 Å². The first-order valence-electron chi connectivity index (χ1n) is 7.34. The Bertz CT molecular complexity index is 441. The largest absolute Gasteiger partial charge is 0.351 e. The Morgan fingerprint density at radius 2 is 2.00 bits per heavy atom. The monoisotopic (exact) mass is 246 g/mol. The van der Waals surface area contributed by atoms with Crippen molar-refractivity contribution < 1.29 is 0 Å². The lowest BCUT2D eigenvalue weighted by molar-refractivity contribution is 0.0970. The van der Waals surface area contributed by atoms with Gasteiger partial charge in [0, 0.05) is 24.8 Å². The molecular weight excluding hydrogens is 224 g/mol. The topological polar surface area (TPSA) is 33.1 Å². The van der Waals surface area contributed by atoms with E-state index in [1.165, 1.54) is 45.3 Å². The number of hydrogen-bond acceptors (Lipinski definition) is 3. The van der Waals surface area contributed by atoms with E-state index in [1.54, 1.807) is 0 Å². The van der Waals surface area contributed by atoms with Crippen LogP contribution >= 0.6 is 0 Å². The molecule has 4 nitrogen and oxygen atoms in total. The van der Waals surface area contributed by atoms with Crippen molar-refractivity contribution in [2.75, 3.05) is 25.0 Å². The first-order chi connectivity index (χ1) is 8.79. The van der Waals surface area contributed by atoms with Gasteiger partial charge >= 0.3 is 0 Å². The number of anilines is 1. The zero-order valence-corrected chi connectivity index (χ0v) is 11.1. The molecule has 3 saturated heterocycles. The van der Waals surface area contributed by atoms with Crippen LogP contribution in [0.3, 0.4) is 0 Å². The second kappa shape index (κ2) is 3.98. The average molecular weight is 246 g/mol. The first kappa shape index (κ1) is 10.9. The van der Waals surface area contributed by atoms with Gasteiger partial charge < -0.3 is 14.8 Å². The molecule has 4 heterocycles. The minimum atomic E-state index is 0.617. The molecular formula is C14H22N4. The Hall–Kier alpha value is -1.03. The molecule has 1 unspecified atom stereocenters. The van der Waals surface area contributed by atoms with Gasteiger partial charge in [-0.2, -0.15) is 0 Å². The van der Waals surface area contributed by atoms with Gasteiger partial charge in [0.25, 0.3) is 0 Å². The van der Waals surface area contributed by atoms with Crippen LogP contribution in [0.15, 0.2) is 6.20 Å². The van der Waals surface area contributed by atoms with Gasteiger partial charge in [-0.05, 0) is 51.6 Å². The number of hydrogen-bond donors (Lipinski definition) is 1. The summed E-state index contributed by atoms with van der Waals surface area (Å²) in [5.41, 5.74) is 1.14. The van der Waals surface area contributed by atoms with E-state index in [-0.39, 0.29) is 0 Å². The fourth-order valence-electron chi connectivity index (χ4n) is 3.55. The third-order valence-electron chi connectivity index (χ3n) is 4.76. The molecule has 18 heavy (non-hydrogen) atoms. The van der Waals surface area contributed by atoms with Gasteiger partial charge in [0.05, 0.1) is 5.69 Å². The van der Waals surface area contributed by atoms with E-state index in [0.717, 1.165) is 23.6 Å². The second-order valence-corrected chi connectivity index (χ2v) is 6.23. The number of aromatic nitrogens is 2. The maximum Gasteiger partial charge on any atom is 0.203 e.